The van der Waals surface area contributed by atoms with Gasteiger partial charge in [0.05, 0.1) is 6.61 Å². The highest BCUT2D eigenvalue weighted by Gasteiger charge is 2.18. The second-order valence-corrected chi connectivity index (χ2v) is 5.62. The van der Waals surface area contributed by atoms with Crippen molar-refractivity contribution < 1.29 is 4.74 Å². The average molecular weight is 288 g/mol. The summed E-state index contributed by atoms with van der Waals surface area (Å²) < 4.78 is 7.76. The molecular formula is C16H24N4O. The monoisotopic (exact) mass is 288 g/mol. The number of hydrogen-bond donors (Lipinski definition) is 1. The summed E-state index contributed by atoms with van der Waals surface area (Å²) in [5, 5.41) is 3.42. The second-order valence-electron chi connectivity index (χ2n) is 5.62. The lowest BCUT2D eigenvalue weighted by Gasteiger charge is -2.22. The van der Waals surface area contributed by atoms with Crippen molar-refractivity contribution in [1.29, 1.82) is 0 Å². The molecule has 0 unspecified atom stereocenters. The van der Waals surface area contributed by atoms with Crippen LogP contribution in [0.15, 0.2) is 18.3 Å². The fraction of sp³-hybridized carbons (Fsp3) is 0.625. The molecule has 1 fully saturated rings. The van der Waals surface area contributed by atoms with Gasteiger partial charge in [-0.2, -0.15) is 0 Å². The van der Waals surface area contributed by atoms with Gasteiger partial charge >= 0.3 is 0 Å². The Kier molecular flexibility index (Phi) is 4.83. The molecule has 1 N–H and O–H groups in total. The molecule has 5 heteroatoms. The normalized spacial score (nSPS) is 16.6. The zero-order chi connectivity index (χ0) is 14.5. The van der Waals surface area contributed by atoms with Crippen molar-refractivity contribution in [1.82, 2.24) is 19.9 Å². The summed E-state index contributed by atoms with van der Waals surface area (Å²) >= 11 is 0. The summed E-state index contributed by atoms with van der Waals surface area (Å²) in [5.41, 5.74) is 1.99. The number of aromatic nitrogens is 3. The van der Waals surface area contributed by atoms with E-state index in [0.29, 0.717) is 0 Å². The first-order valence-corrected chi connectivity index (χ1v) is 7.97. The third-order valence-electron chi connectivity index (χ3n) is 4.18. The molecular weight excluding hydrogens is 264 g/mol. The van der Waals surface area contributed by atoms with E-state index in [4.69, 9.17) is 9.72 Å². The molecule has 0 radical (unpaired) electrons. The van der Waals surface area contributed by atoms with Crippen LogP contribution >= 0.6 is 0 Å². The molecule has 1 saturated heterocycles. The van der Waals surface area contributed by atoms with Crippen LogP contribution in [-0.2, 0) is 17.7 Å². The van der Waals surface area contributed by atoms with E-state index < -0.39 is 0 Å². The number of rotatable bonds is 6. The van der Waals surface area contributed by atoms with Gasteiger partial charge in [-0.1, -0.05) is 0 Å². The van der Waals surface area contributed by atoms with Crippen LogP contribution in [0.2, 0.25) is 0 Å². The molecule has 0 atom stereocenters. The largest absolute Gasteiger partial charge is 0.380 e. The molecule has 2 aromatic rings. The maximum atomic E-state index is 5.51. The van der Waals surface area contributed by atoms with Crippen LogP contribution in [-0.4, -0.2) is 40.8 Å². The Balaban J connectivity index is 1.82. The first-order chi connectivity index (χ1) is 10.4. The quantitative estimate of drug-likeness (QED) is 0.826. The predicted molar refractivity (Wildman–Crippen MR) is 83.3 cm³/mol. The number of nitrogens with zero attached hydrogens (tertiary/aromatic N) is 3. The summed E-state index contributed by atoms with van der Waals surface area (Å²) in [4.78, 5) is 9.32. The first-order valence-electron chi connectivity index (χ1n) is 7.97. The lowest BCUT2D eigenvalue weighted by atomic mass is 9.94. The molecule has 0 aliphatic carbocycles. The van der Waals surface area contributed by atoms with Crippen molar-refractivity contribution in [2.75, 3.05) is 26.3 Å². The lowest BCUT2D eigenvalue weighted by Crippen LogP contribution is -2.29. The lowest BCUT2D eigenvalue weighted by molar-refractivity contribution is 0.139. The summed E-state index contributed by atoms with van der Waals surface area (Å²) in [7, 11) is 0. The molecule has 3 rings (SSSR count). The van der Waals surface area contributed by atoms with Gasteiger partial charge in [-0.15, -0.1) is 0 Å². The van der Waals surface area contributed by atoms with Gasteiger partial charge in [0.2, 0.25) is 0 Å². The van der Waals surface area contributed by atoms with Gasteiger partial charge in [0.25, 0.3) is 0 Å². The van der Waals surface area contributed by atoms with Crippen LogP contribution in [0.25, 0.3) is 11.2 Å². The molecule has 0 amide bonds. The fourth-order valence-electron chi connectivity index (χ4n) is 3.04. The van der Waals surface area contributed by atoms with Crippen LogP contribution < -0.4 is 5.32 Å². The summed E-state index contributed by atoms with van der Waals surface area (Å²) in [6, 6.07) is 4.00. The number of hydrogen-bond acceptors (Lipinski definition) is 4. The standard InChI is InChI=1S/C16H24N4O/c1-2-21-11-10-20-15(12-13-5-8-17-9-6-13)19-14-4-3-7-18-16(14)20/h3-4,7,13,17H,2,5-6,8-12H2,1H3. The zero-order valence-corrected chi connectivity index (χ0v) is 12.7. The Morgan fingerprint density at radius 3 is 3.05 bits per heavy atom. The van der Waals surface area contributed by atoms with E-state index in [1.807, 2.05) is 25.3 Å². The molecule has 2 aromatic heterocycles. The van der Waals surface area contributed by atoms with Gasteiger partial charge in [-0.05, 0) is 50.9 Å². The second kappa shape index (κ2) is 7.00. The van der Waals surface area contributed by atoms with Crippen molar-refractivity contribution in [2.45, 2.75) is 32.7 Å². The highest BCUT2D eigenvalue weighted by atomic mass is 16.5. The minimum Gasteiger partial charge on any atom is -0.380 e. The third-order valence-corrected chi connectivity index (χ3v) is 4.18. The topological polar surface area (TPSA) is 52.0 Å². The van der Waals surface area contributed by atoms with E-state index >= 15 is 0 Å². The minimum absolute atomic E-state index is 0.720. The molecule has 1 aliphatic heterocycles. The molecule has 0 saturated carbocycles. The number of piperidine rings is 1. The van der Waals surface area contributed by atoms with Crippen molar-refractivity contribution in [2.24, 2.45) is 5.92 Å². The molecule has 0 spiro atoms. The highest BCUT2D eigenvalue weighted by Crippen LogP contribution is 2.21. The molecule has 114 valence electrons. The molecule has 0 bridgehead atoms. The fourth-order valence-corrected chi connectivity index (χ4v) is 3.04. The Hall–Kier alpha value is -1.46. The molecule has 3 heterocycles. The van der Waals surface area contributed by atoms with Gasteiger partial charge in [0.15, 0.2) is 5.65 Å². The van der Waals surface area contributed by atoms with Crippen LogP contribution in [0.5, 0.6) is 0 Å². The zero-order valence-electron chi connectivity index (χ0n) is 12.7. The minimum atomic E-state index is 0.720. The van der Waals surface area contributed by atoms with Gasteiger partial charge in [0.1, 0.15) is 11.3 Å². The summed E-state index contributed by atoms with van der Waals surface area (Å²) in [5.74, 6) is 1.89. The summed E-state index contributed by atoms with van der Waals surface area (Å²) in [6.45, 7) is 6.59. The summed E-state index contributed by atoms with van der Waals surface area (Å²) in [6.07, 6.45) is 5.36. The van der Waals surface area contributed by atoms with Gasteiger partial charge in [-0.3, -0.25) is 0 Å². The van der Waals surface area contributed by atoms with E-state index in [0.717, 1.165) is 62.2 Å². The highest BCUT2D eigenvalue weighted by molar-refractivity contribution is 5.71. The first kappa shape index (κ1) is 14.5. The van der Waals surface area contributed by atoms with Gasteiger partial charge in [0, 0.05) is 25.8 Å². The molecule has 21 heavy (non-hydrogen) atoms. The maximum absolute atomic E-state index is 5.51. The number of nitrogens with one attached hydrogen (secondary N) is 1. The van der Waals surface area contributed by atoms with Crippen LogP contribution in [0.4, 0.5) is 0 Å². The van der Waals surface area contributed by atoms with Crippen molar-refractivity contribution in [3.8, 4) is 0 Å². The molecule has 0 aromatic carbocycles. The van der Waals surface area contributed by atoms with Gasteiger partial charge in [-0.25, -0.2) is 9.97 Å². The van der Waals surface area contributed by atoms with E-state index in [1.54, 1.807) is 0 Å². The predicted octanol–water partition coefficient (Wildman–Crippen LogP) is 2.01. The molecule has 5 nitrogen and oxygen atoms in total. The number of fused-ring (bicyclic) bond motifs is 1. The number of imidazole rings is 1. The van der Waals surface area contributed by atoms with Crippen LogP contribution in [0, 0.1) is 5.92 Å². The Bertz CT molecular complexity index is 575. The smallest absolute Gasteiger partial charge is 0.160 e. The van der Waals surface area contributed by atoms with E-state index in [1.165, 1.54) is 12.8 Å². The molecule has 1 aliphatic rings. The van der Waals surface area contributed by atoms with Crippen molar-refractivity contribution in [3.05, 3.63) is 24.2 Å². The van der Waals surface area contributed by atoms with E-state index in [2.05, 4.69) is 14.9 Å². The van der Waals surface area contributed by atoms with Crippen LogP contribution in [0.3, 0.4) is 0 Å². The number of ether oxygens (including phenoxy) is 1. The Labute approximate surface area is 125 Å². The van der Waals surface area contributed by atoms with Crippen LogP contribution in [0.1, 0.15) is 25.6 Å². The Morgan fingerprint density at radius 2 is 2.24 bits per heavy atom. The van der Waals surface area contributed by atoms with Crippen molar-refractivity contribution in [3.63, 3.8) is 0 Å². The average Bonchev–Trinajstić information content (AvgIpc) is 2.86. The maximum Gasteiger partial charge on any atom is 0.160 e. The number of pyridine rings is 1. The van der Waals surface area contributed by atoms with E-state index in [-0.39, 0.29) is 0 Å². The Morgan fingerprint density at radius 1 is 1.38 bits per heavy atom. The van der Waals surface area contributed by atoms with Crippen molar-refractivity contribution >= 4 is 11.2 Å². The third kappa shape index (κ3) is 3.41. The SMILES string of the molecule is CCOCCn1c(CC2CCNCC2)nc2cccnc21. The van der Waals surface area contributed by atoms with Gasteiger partial charge < -0.3 is 14.6 Å². The van der Waals surface area contributed by atoms with E-state index in [9.17, 15) is 0 Å².